The molecule has 0 spiro atoms. The molecule has 0 atom stereocenters. The highest BCUT2D eigenvalue weighted by Gasteiger charge is 2.28. The maximum atomic E-state index is 12.7. The lowest BCUT2D eigenvalue weighted by Gasteiger charge is -2.21. The standard InChI is InChI=1S/C29H28N2O6.ClH/c1-31(15-18-6-8-21(33-2)12-23(18)34-3)26-9-7-17(14-30-26)27-22-13-25(36-5)24(35-4)11-19(22)10-20-16-37-29(32)28(20)27;/h6-14H,15-16H2,1-5H3;1H. The minimum absolute atomic E-state index is 0. The average molecular weight is 537 g/mol. The Hall–Kier alpha value is -4.17. The molecule has 1 aromatic heterocycles. The average Bonchev–Trinajstić information content (AvgIpc) is 3.30. The third-order valence-corrected chi connectivity index (χ3v) is 6.62. The number of halogens is 1. The Morgan fingerprint density at radius 1 is 0.868 bits per heavy atom. The van der Waals surface area contributed by atoms with E-state index in [1.807, 2.05) is 60.5 Å². The van der Waals surface area contributed by atoms with Crippen molar-refractivity contribution in [2.24, 2.45) is 0 Å². The second-order valence-corrected chi connectivity index (χ2v) is 8.73. The van der Waals surface area contributed by atoms with Crippen molar-refractivity contribution in [1.29, 1.82) is 0 Å². The molecule has 5 rings (SSSR count). The van der Waals surface area contributed by atoms with E-state index in [2.05, 4.69) is 0 Å². The number of aromatic nitrogens is 1. The number of hydrogen-bond donors (Lipinski definition) is 0. The molecule has 0 saturated heterocycles. The largest absolute Gasteiger partial charge is 0.497 e. The summed E-state index contributed by atoms with van der Waals surface area (Å²) in [5.74, 6) is 3.13. The van der Waals surface area contributed by atoms with Crippen molar-refractivity contribution in [2.75, 3.05) is 40.4 Å². The summed E-state index contributed by atoms with van der Waals surface area (Å²) in [6.07, 6.45) is 1.79. The Bertz CT molecular complexity index is 1490. The number of ether oxygens (including phenoxy) is 5. The molecule has 0 radical (unpaired) electrons. The Labute approximate surface area is 227 Å². The number of esters is 1. The molecule has 0 aliphatic carbocycles. The van der Waals surface area contributed by atoms with E-state index in [-0.39, 0.29) is 25.0 Å². The van der Waals surface area contributed by atoms with Gasteiger partial charge in [0.2, 0.25) is 0 Å². The number of nitrogens with zero attached hydrogens (tertiary/aromatic N) is 2. The van der Waals surface area contributed by atoms with Crippen molar-refractivity contribution in [3.63, 3.8) is 0 Å². The number of rotatable bonds is 8. The number of hydrogen-bond acceptors (Lipinski definition) is 8. The molecule has 38 heavy (non-hydrogen) atoms. The highest BCUT2D eigenvalue weighted by atomic mass is 35.5. The number of pyridine rings is 1. The van der Waals surface area contributed by atoms with Gasteiger partial charge >= 0.3 is 5.97 Å². The highest BCUT2D eigenvalue weighted by Crippen LogP contribution is 2.42. The van der Waals surface area contributed by atoms with E-state index >= 15 is 0 Å². The molecule has 0 amide bonds. The van der Waals surface area contributed by atoms with Gasteiger partial charge in [-0.05, 0) is 53.2 Å². The number of carbonyl (C=O) groups is 1. The van der Waals surface area contributed by atoms with E-state index in [4.69, 9.17) is 28.7 Å². The molecule has 0 unspecified atom stereocenters. The van der Waals surface area contributed by atoms with Crippen LogP contribution >= 0.6 is 12.4 Å². The first kappa shape index (κ1) is 26.9. The van der Waals surface area contributed by atoms with Crippen LogP contribution in [0.3, 0.4) is 0 Å². The fourth-order valence-corrected chi connectivity index (χ4v) is 4.73. The first-order chi connectivity index (χ1) is 18.0. The molecule has 0 saturated carbocycles. The molecule has 8 nitrogen and oxygen atoms in total. The maximum absolute atomic E-state index is 12.7. The normalized spacial score (nSPS) is 11.9. The zero-order valence-electron chi connectivity index (χ0n) is 21.9. The summed E-state index contributed by atoms with van der Waals surface area (Å²) < 4.78 is 27.3. The molecule has 4 aromatic rings. The molecule has 198 valence electrons. The van der Waals surface area contributed by atoms with Crippen LogP contribution in [0.4, 0.5) is 5.82 Å². The van der Waals surface area contributed by atoms with E-state index in [1.54, 1.807) is 34.6 Å². The van der Waals surface area contributed by atoms with Gasteiger partial charge in [0.05, 0.1) is 34.0 Å². The Kier molecular flexibility index (Phi) is 7.83. The van der Waals surface area contributed by atoms with Crippen LogP contribution in [-0.4, -0.2) is 46.4 Å². The fraction of sp³-hybridized carbons (Fsp3) is 0.241. The summed E-state index contributed by atoms with van der Waals surface area (Å²) in [6, 6.07) is 15.5. The molecule has 3 aromatic carbocycles. The number of benzene rings is 3. The van der Waals surface area contributed by atoms with Crippen molar-refractivity contribution in [2.45, 2.75) is 13.2 Å². The molecule has 0 fully saturated rings. The van der Waals surface area contributed by atoms with Crippen LogP contribution in [0.1, 0.15) is 21.5 Å². The first-order valence-electron chi connectivity index (χ1n) is 11.7. The van der Waals surface area contributed by atoms with Crippen LogP contribution in [0.5, 0.6) is 23.0 Å². The summed E-state index contributed by atoms with van der Waals surface area (Å²) in [7, 11) is 8.43. The second kappa shape index (κ2) is 11.1. The topological polar surface area (TPSA) is 79.4 Å². The van der Waals surface area contributed by atoms with E-state index in [1.165, 1.54) is 0 Å². The zero-order chi connectivity index (χ0) is 26.1. The number of fused-ring (bicyclic) bond motifs is 2. The van der Waals surface area contributed by atoms with Crippen molar-refractivity contribution in [3.05, 3.63) is 71.4 Å². The summed E-state index contributed by atoms with van der Waals surface area (Å²) in [5.41, 5.74) is 3.99. The number of methoxy groups -OCH3 is 4. The Balaban J connectivity index is 0.00000336. The van der Waals surface area contributed by atoms with Gasteiger partial charge in [0, 0.05) is 48.1 Å². The van der Waals surface area contributed by atoms with Gasteiger partial charge in [0.25, 0.3) is 0 Å². The summed E-state index contributed by atoms with van der Waals surface area (Å²) >= 11 is 0. The lowest BCUT2D eigenvalue weighted by atomic mass is 9.91. The molecule has 1 aliphatic rings. The van der Waals surface area contributed by atoms with E-state index in [9.17, 15) is 4.79 Å². The van der Waals surface area contributed by atoms with Crippen molar-refractivity contribution >= 4 is 35.0 Å². The fourth-order valence-electron chi connectivity index (χ4n) is 4.73. The number of cyclic esters (lactones) is 1. The SMILES string of the molecule is COc1ccc(CN(C)c2ccc(-c3c4c(cc5cc(OC)c(OC)cc35)COC4=O)cn2)c(OC)c1.Cl. The Morgan fingerprint density at radius 2 is 1.61 bits per heavy atom. The van der Waals surface area contributed by atoms with Gasteiger partial charge in [0.15, 0.2) is 11.5 Å². The minimum atomic E-state index is -0.338. The van der Waals surface area contributed by atoms with Gasteiger partial charge in [-0.3, -0.25) is 0 Å². The minimum Gasteiger partial charge on any atom is -0.497 e. The number of carbonyl (C=O) groups excluding carboxylic acids is 1. The van der Waals surface area contributed by atoms with Gasteiger partial charge in [-0.25, -0.2) is 9.78 Å². The lowest BCUT2D eigenvalue weighted by molar-refractivity contribution is 0.0535. The molecular weight excluding hydrogens is 508 g/mol. The molecule has 2 heterocycles. The van der Waals surface area contributed by atoms with Crippen LogP contribution in [0.25, 0.3) is 21.9 Å². The van der Waals surface area contributed by atoms with Crippen molar-refractivity contribution < 1.29 is 28.5 Å². The number of anilines is 1. The third-order valence-electron chi connectivity index (χ3n) is 6.62. The lowest BCUT2D eigenvalue weighted by Crippen LogP contribution is -2.18. The van der Waals surface area contributed by atoms with E-state index in [0.717, 1.165) is 50.3 Å². The molecule has 1 aliphatic heterocycles. The van der Waals surface area contributed by atoms with Crippen molar-refractivity contribution in [1.82, 2.24) is 4.98 Å². The van der Waals surface area contributed by atoms with Crippen molar-refractivity contribution in [3.8, 4) is 34.1 Å². The van der Waals surface area contributed by atoms with Gasteiger partial charge in [-0.1, -0.05) is 0 Å². The molecular formula is C29H29ClN2O6. The Morgan fingerprint density at radius 3 is 2.26 bits per heavy atom. The predicted octanol–water partition coefficient (Wildman–Crippen LogP) is 5.66. The molecule has 9 heteroatoms. The first-order valence-corrected chi connectivity index (χ1v) is 11.7. The van der Waals surface area contributed by atoms with Gasteiger partial charge in [-0.15, -0.1) is 12.4 Å². The second-order valence-electron chi connectivity index (χ2n) is 8.73. The van der Waals surface area contributed by atoms with E-state index < -0.39 is 0 Å². The van der Waals surface area contributed by atoms with Gasteiger partial charge in [-0.2, -0.15) is 0 Å². The summed E-state index contributed by atoms with van der Waals surface area (Å²) in [5, 5.41) is 1.79. The zero-order valence-corrected chi connectivity index (χ0v) is 22.7. The quantitative estimate of drug-likeness (QED) is 0.267. The van der Waals surface area contributed by atoms with Crippen LogP contribution < -0.4 is 23.8 Å². The summed E-state index contributed by atoms with van der Waals surface area (Å²) in [6.45, 7) is 0.829. The monoisotopic (exact) mass is 536 g/mol. The van der Waals surface area contributed by atoms with E-state index in [0.29, 0.717) is 23.6 Å². The molecule has 0 bridgehead atoms. The van der Waals surface area contributed by atoms with Gasteiger partial charge in [0.1, 0.15) is 23.9 Å². The third kappa shape index (κ3) is 4.75. The van der Waals surface area contributed by atoms with Crippen LogP contribution in [0.15, 0.2) is 54.7 Å². The van der Waals surface area contributed by atoms with Crippen LogP contribution in [0.2, 0.25) is 0 Å². The van der Waals surface area contributed by atoms with Crippen LogP contribution in [-0.2, 0) is 17.9 Å². The summed E-state index contributed by atoms with van der Waals surface area (Å²) in [4.78, 5) is 19.5. The highest BCUT2D eigenvalue weighted by molar-refractivity contribution is 6.11. The molecule has 0 N–H and O–H groups in total. The maximum Gasteiger partial charge on any atom is 0.339 e. The van der Waals surface area contributed by atoms with Crippen LogP contribution in [0, 0.1) is 0 Å². The predicted molar refractivity (Wildman–Crippen MR) is 148 cm³/mol. The van der Waals surface area contributed by atoms with Gasteiger partial charge < -0.3 is 28.6 Å². The smallest absolute Gasteiger partial charge is 0.339 e.